The largest absolute Gasteiger partial charge is 0.355 e. The van der Waals surface area contributed by atoms with E-state index in [2.05, 4.69) is 10.2 Å². The number of carbonyl (C=O) groups excluding carboxylic acids is 1. The average molecular weight is 248 g/mol. The van der Waals surface area contributed by atoms with Crippen molar-refractivity contribution in [1.29, 1.82) is 0 Å². The standard InChI is InChI=1S/C14H17FN2O/c1-16-14(18)10-5-9-6-11-3-2-4-17(11)8-12(9)13(15)7-10/h5,7,11H,2-4,6,8H2,1H3,(H,16,18)/t11-/m1/s1. The van der Waals surface area contributed by atoms with E-state index in [1.165, 1.54) is 18.9 Å². The third-order valence-electron chi connectivity index (χ3n) is 4.09. The van der Waals surface area contributed by atoms with Gasteiger partial charge in [-0.05, 0) is 43.5 Å². The third kappa shape index (κ3) is 1.81. The summed E-state index contributed by atoms with van der Waals surface area (Å²) in [6, 6.07) is 3.75. The van der Waals surface area contributed by atoms with Gasteiger partial charge in [0, 0.05) is 30.8 Å². The van der Waals surface area contributed by atoms with Gasteiger partial charge in [0.2, 0.25) is 0 Å². The van der Waals surface area contributed by atoms with Gasteiger partial charge in [0.25, 0.3) is 5.91 Å². The van der Waals surface area contributed by atoms with Crippen LogP contribution in [0.15, 0.2) is 12.1 Å². The molecule has 0 unspecified atom stereocenters. The number of nitrogens with zero attached hydrogens (tertiary/aromatic N) is 1. The van der Waals surface area contributed by atoms with E-state index in [0.717, 1.165) is 24.1 Å². The zero-order valence-corrected chi connectivity index (χ0v) is 10.5. The summed E-state index contributed by atoms with van der Waals surface area (Å²) in [5.41, 5.74) is 2.22. The van der Waals surface area contributed by atoms with Gasteiger partial charge in [-0.3, -0.25) is 9.69 Å². The molecule has 0 aromatic heterocycles. The molecular weight excluding hydrogens is 231 g/mol. The zero-order chi connectivity index (χ0) is 12.7. The van der Waals surface area contributed by atoms with Gasteiger partial charge in [0.1, 0.15) is 5.82 Å². The van der Waals surface area contributed by atoms with Gasteiger partial charge in [-0.15, -0.1) is 0 Å². The van der Waals surface area contributed by atoms with Crippen molar-refractivity contribution in [2.24, 2.45) is 0 Å². The molecule has 96 valence electrons. The Balaban J connectivity index is 1.99. The van der Waals surface area contributed by atoms with Crippen LogP contribution >= 0.6 is 0 Å². The van der Waals surface area contributed by atoms with Gasteiger partial charge in [-0.2, -0.15) is 0 Å². The van der Waals surface area contributed by atoms with Crippen LogP contribution in [0.25, 0.3) is 0 Å². The van der Waals surface area contributed by atoms with E-state index in [1.54, 1.807) is 7.05 Å². The normalized spacial score (nSPS) is 22.4. The Morgan fingerprint density at radius 2 is 2.33 bits per heavy atom. The number of fused-ring (bicyclic) bond motifs is 2. The Hall–Kier alpha value is -1.42. The molecule has 0 spiro atoms. The Labute approximate surface area is 106 Å². The predicted octanol–water partition coefficient (Wildman–Crippen LogP) is 1.71. The highest BCUT2D eigenvalue weighted by atomic mass is 19.1. The summed E-state index contributed by atoms with van der Waals surface area (Å²) in [6.45, 7) is 1.76. The Kier molecular flexibility index (Phi) is 2.82. The summed E-state index contributed by atoms with van der Waals surface area (Å²) >= 11 is 0. The lowest BCUT2D eigenvalue weighted by molar-refractivity contribution is 0.0962. The molecule has 0 bridgehead atoms. The Morgan fingerprint density at radius 3 is 3.11 bits per heavy atom. The topological polar surface area (TPSA) is 32.3 Å². The second kappa shape index (κ2) is 4.35. The summed E-state index contributed by atoms with van der Waals surface area (Å²) < 4.78 is 14.1. The molecule has 3 rings (SSSR count). The lowest BCUT2D eigenvalue weighted by Gasteiger charge is -2.31. The Bertz CT molecular complexity index is 501. The summed E-state index contributed by atoms with van der Waals surface area (Å²) in [5.74, 6) is -0.456. The van der Waals surface area contributed by atoms with Crippen LogP contribution in [0, 0.1) is 5.82 Å². The van der Waals surface area contributed by atoms with E-state index < -0.39 is 0 Å². The predicted molar refractivity (Wildman–Crippen MR) is 66.9 cm³/mol. The van der Waals surface area contributed by atoms with Crippen molar-refractivity contribution in [3.05, 3.63) is 34.6 Å². The van der Waals surface area contributed by atoms with Crippen molar-refractivity contribution in [3.8, 4) is 0 Å². The van der Waals surface area contributed by atoms with E-state index in [-0.39, 0.29) is 11.7 Å². The molecule has 4 heteroatoms. The van der Waals surface area contributed by atoms with E-state index in [9.17, 15) is 9.18 Å². The van der Waals surface area contributed by atoms with Crippen molar-refractivity contribution >= 4 is 5.91 Å². The van der Waals surface area contributed by atoms with Gasteiger partial charge in [0.15, 0.2) is 0 Å². The van der Waals surface area contributed by atoms with E-state index in [1.807, 2.05) is 6.07 Å². The SMILES string of the molecule is CNC(=O)c1cc(F)c2c(c1)C[C@H]1CCCN1C2. The Morgan fingerprint density at radius 1 is 1.50 bits per heavy atom. The molecule has 1 aromatic rings. The van der Waals surface area contributed by atoms with Crippen LogP contribution in [0.2, 0.25) is 0 Å². The van der Waals surface area contributed by atoms with Crippen LogP contribution in [0.4, 0.5) is 4.39 Å². The van der Waals surface area contributed by atoms with Crippen LogP contribution in [-0.4, -0.2) is 30.4 Å². The van der Waals surface area contributed by atoms with E-state index >= 15 is 0 Å². The lowest BCUT2D eigenvalue weighted by atomic mass is 9.92. The van der Waals surface area contributed by atoms with Crippen LogP contribution < -0.4 is 5.32 Å². The molecule has 2 aliphatic heterocycles. The average Bonchev–Trinajstić information content (AvgIpc) is 2.82. The minimum atomic E-state index is -0.239. The first kappa shape index (κ1) is 11.7. The number of hydrogen-bond acceptors (Lipinski definition) is 2. The molecule has 1 fully saturated rings. The number of hydrogen-bond donors (Lipinski definition) is 1. The van der Waals surface area contributed by atoms with Gasteiger partial charge in [0.05, 0.1) is 0 Å². The highest BCUT2D eigenvalue weighted by Crippen LogP contribution is 2.32. The van der Waals surface area contributed by atoms with Crippen molar-refractivity contribution in [2.75, 3.05) is 13.6 Å². The summed E-state index contributed by atoms with van der Waals surface area (Å²) in [4.78, 5) is 13.9. The van der Waals surface area contributed by atoms with Crippen molar-refractivity contribution < 1.29 is 9.18 Å². The fourth-order valence-corrected chi connectivity index (χ4v) is 3.12. The third-order valence-corrected chi connectivity index (χ3v) is 4.09. The number of carbonyl (C=O) groups is 1. The van der Waals surface area contributed by atoms with E-state index in [0.29, 0.717) is 18.2 Å². The second-order valence-electron chi connectivity index (χ2n) is 5.15. The number of halogens is 1. The summed E-state index contributed by atoms with van der Waals surface area (Å²) in [5, 5.41) is 2.55. The minimum absolute atomic E-state index is 0.217. The maximum Gasteiger partial charge on any atom is 0.251 e. The molecule has 0 radical (unpaired) electrons. The molecule has 1 aromatic carbocycles. The summed E-state index contributed by atoms with van der Waals surface area (Å²) in [7, 11) is 1.57. The summed E-state index contributed by atoms with van der Waals surface area (Å²) in [6.07, 6.45) is 3.25. The molecule has 1 amide bonds. The molecular formula is C14H17FN2O. The number of amides is 1. The molecule has 0 saturated carbocycles. The van der Waals surface area contributed by atoms with Crippen LogP contribution in [-0.2, 0) is 13.0 Å². The van der Waals surface area contributed by atoms with Crippen LogP contribution in [0.3, 0.4) is 0 Å². The van der Waals surface area contributed by atoms with Crippen molar-refractivity contribution in [3.63, 3.8) is 0 Å². The zero-order valence-electron chi connectivity index (χ0n) is 10.5. The number of rotatable bonds is 1. The fourth-order valence-electron chi connectivity index (χ4n) is 3.12. The van der Waals surface area contributed by atoms with Gasteiger partial charge in [-0.1, -0.05) is 0 Å². The molecule has 0 aliphatic carbocycles. The molecule has 2 aliphatic rings. The quantitative estimate of drug-likeness (QED) is 0.820. The second-order valence-corrected chi connectivity index (χ2v) is 5.15. The van der Waals surface area contributed by atoms with Gasteiger partial charge < -0.3 is 5.32 Å². The molecule has 3 nitrogen and oxygen atoms in total. The minimum Gasteiger partial charge on any atom is -0.355 e. The highest BCUT2D eigenvalue weighted by Gasteiger charge is 2.31. The van der Waals surface area contributed by atoms with Gasteiger partial charge in [-0.25, -0.2) is 4.39 Å². The monoisotopic (exact) mass is 248 g/mol. The first-order chi connectivity index (χ1) is 8.69. The van der Waals surface area contributed by atoms with Crippen LogP contribution in [0.5, 0.6) is 0 Å². The van der Waals surface area contributed by atoms with Crippen LogP contribution in [0.1, 0.15) is 34.3 Å². The van der Waals surface area contributed by atoms with Gasteiger partial charge >= 0.3 is 0 Å². The molecule has 1 saturated heterocycles. The number of benzene rings is 1. The van der Waals surface area contributed by atoms with Crippen molar-refractivity contribution in [1.82, 2.24) is 10.2 Å². The first-order valence-electron chi connectivity index (χ1n) is 6.46. The molecule has 18 heavy (non-hydrogen) atoms. The smallest absolute Gasteiger partial charge is 0.251 e. The maximum atomic E-state index is 14.1. The highest BCUT2D eigenvalue weighted by molar-refractivity contribution is 5.94. The lowest BCUT2D eigenvalue weighted by Crippen LogP contribution is -2.36. The molecule has 1 atom stereocenters. The fraction of sp³-hybridized carbons (Fsp3) is 0.500. The maximum absolute atomic E-state index is 14.1. The first-order valence-corrected chi connectivity index (χ1v) is 6.46. The van der Waals surface area contributed by atoms with E-state index in [4.69, 9.17) is 0 Å². The number of nitrogens with one attached hydrogen (secondary N) is 1. The molecule has 2 heterocycles. The van der Waals surface area contributed by atoms with Crippen molar-refractivity contribution in [2.45, 2.75) is 31.8 Å². The molecule has 1 N–H and O–H groups in total.